The number of aromatic amines is 1. The highest BCUT2D eigenvalue weighted by atomic mass is 19.1. The maximum absolute atomic E-state index is 13.8. The van der Waals surface area contributed by atoms with Crippen LogP contribution in [0.2, 0.25) is 0 Å². The molecule has 6 heteroatoms. The zero-order chi connectivity index (χ0) is 16.3. The summed E-state index contributed by atoms with van der Waals surface area (Å²) in [4.78, 5) is 18.9. The summed E-state index contributed by atoms with van der Waals surface area (Å²) in [5.41, 5.74) is 0.321. The lowest BCUT2D eigenvalue weighted by Crippen LogP contribution is -2.22. The van der Waals surface area contributed by atoms with E-state index in [1.165, 1.54) is 18.2 Å². The van der Waals surface area contributed by atoms with Gasteiger partial charge >= 0.3 is 0 Å². The van der Waals surface area contributed by atoms with Crippen LogP contribution in [0.3, 0.4) is 0 Å². The highest BCUT2D eigenvalue weighted by molar-refractivity contribution is 5.34. The van der Waals surface area contributed by atoms with Gasteiger partial charge in [-0.25, -0.2) is 13.8 Å². The molecule has 0 aliphatic heterocycles. The number of anilines is 1. The monoisotopic (exact) mass is 307 g/mol. The third-order valence-electron chi connectivity index (χ3n) is 3.65. The molecule has 2 aromatic rings. The lowest BCUT2D eigenvalue weighted by molar-refractivity contribution is 0.560. The second-order valence-electron chi connectivity index (χ2n) is 5.32. The van der Waals surface area contributed by atoms with E-state index in [-0.39, 0.29) is 23.6 Å². The maximum Gasteiger partial charge on any atom is 0.255 e. The van der Waals surface area contributed by atoms with E-state index in [9.17, 15) is 13.6 Å². The molecule has 118 valence electrons. The third kappa shape index (κ3) is 3.50. The number of halogens is 2. The molecule has 1 unspecified atom stereocenters. The van der Waals surface area contributed by atoms with Gasteiger partial charge in [0.05, 0.1) is 5.69 Å². The van der Waals surface area contributed by atoms with Crippen LogP contribution in [0.25, 0.3) is 0 Å². The van der Waals surface area contributed by atoms with Crippen LogP contribution >= 0.6 is 0 Å². The molecule has 0 spiro atoms. The molecular formula is C16H19F2N3O. The number of rotatable bonds is 5. The van der Waals surface area contributed by atoms with Crippen LogP contribution in [0.15, 0.2) is 23.0 Å². The lowest BCUT2D eigenvalue weighted by Gasteiger charge is -2.14. The van der Waals surface area contributed by atoms with E-state index in [1.54, 1.807) is 6.92 Å². The summed E-state index contributed by atoms with van der Waals surface area (Å²) in [6.45, 7) is 5.54. The largest absolute Gasteiger partial charge is 0.353 e. The summed E-state index contributed by atoms with van der Waals surface area (Å²) in [5.74, 6) is -0.965. The molecule has 4 nitrogen and oxygen atoms in total. The molecule has 1 heterocycles. The standard InChI is InChI=1S/C16H19F2N3O/c1-4-9(2)19-16-20-14(10(3)15(22)21-16)8-11-12(17)6-5-7-13(11)18/h5-7,9H,4,8H2,1-3H3,(H2,19,20,21,22). The van der Waals surface area contributed by atoms with Gasteiger partial charge in [-0.1, -0.05) is 13.0 Å². The van der Waals surface area contributed by atoms with Crippen molar-refractivity contribution in [1.29, 1.82) is 0 Å². The Hall–Kier alpha value is -2.24. The molecule has 0 fully saturated rings. The average molecular weight is 307 g/mol. The summed E-state index contributed by atoms with van der Waals surface area (Å²) in [6.07, 6.45) is 0.790. The minimum Gasteiger partial charge on any atom is -0.353 e. The molecule has 0 radical (unpaired) electrons. The Morgan fingerprint density at radius 2 is 1.95 bits per heavy atom. The van der Waals surface area contributed by atoms with Crippen LogP contribution in [0.4, 0.5) is 14.7 Å². The fourth-order valence-electron chi connectivity index (χ4n) is 2.02. The van der Waals surface area contributed by atoms with Crippen molar-refractivity contribution in [3.05, 3.63) is 57.0 Å². The second kappa shape index (κ2) is 6.68. The minimum atomic E-state index is -0.641. The second-order valence-corrected chi connectivity index (χ2v) is 5.32. The number of nitrogens with zero attached hydrogens (tertiary/aromatic N) is 1. The molecule has 0 saturated heterocycles. The fourth-order valence-corrected chi connectivity index (χ4v) is 2.02. The van der Waals surface area contributed by atoms with Gasteiger partial charge in [-0.2, -0.15) is 0 Å². The summed E-state index contributed by atoms with van der Waals surface area (Å²) in [6, 6.07) is 3.82. The van der Waals surface area contributed by atoms with E-state index >= 15 is 0 Å². The molecule has 2 rings (SSSR count). The number of hydrogen-bond acceptors (Lipinski definition) is 3. The van der Waals surface area contributed by atoms with Crippen LogP contribution in [0, 0.1) is 18.6 Å². The molecule has 0 aliphatic carbocycles. The first-order valence-corrected chi connectivity index (χ1v) is 7.21. The van der Waals surface area contributed by atoms with Crippen molar-refractivity contribution in [2.45, 2.75) is 39.7 Å². The normalized spacial score (nSPS) is 12.2. The first-order chi connectivity index (χ1) is 10.4. The highest BCUT2D eigenvalue weighted by Crippen LogP contribution is 2.17. The van der Waals surface area contributed by atoms with Crippen LogP contribution < -0.4 is 10.9 Å². The van der Waals surface area contributed by atoms with E-state index in [1.807, 2.05) is 13.8 Å². The topological polar surface area (TPSA) is 57.8 Å². The summed E-state index contributed by atoms with van der Waals surface area (Å²) >= 11 is 0. The van der Waals surface area contributed by atoms with Gasteiger partial charge < -0.3 is 5.32 Å². The molecule has 22 heavy (non-hydrogen) atoms. The molecule has 2 N–H and O–H groups in total. The average Bonchev–Trinajstić information content (AvgIpc) is 2.47. The van der Waals surface area contributed by atoms with Crippen molar-refractivity contribution in [2.75, 3.05) is 5.32 Å². The quantitative estimate of drug-likeness (QED) is 0.892. The van der Waals surface area contributed by atoms with Crippen LogP contribution in [-0.4, -0.2) is 16.0 Å². The van der Waals surface area contributed by atoms with E-state index in [0.717, 1.165) is 6.42 Å². The number of H-pyrrole nitrogens is 1. The fraction of sp³-hybridized carbons (Fsp3) is 0.375. The van der Waals surface area contributed by atoms with Gasteiger partial charge in [-0.05, 0) is 32.4 Å². The van der Waals surface area contributed by atoms with Crippen molar-refractivity contribution in [2.24, 2.45) is 0 Å². The summed E-state index contributed by atoms with van der Waals surface area (Å²) < 4.78 is 27.5. The molecular weight excluding hydrogens is 288 g/mol. The Kier molecular flexibility index (Phi) is 4.90. The van der Waals surface area contributed by atoms with Crippen LogP contribution in [0.1, 0.15) is 37.1 Å². The molecule has 1 aromatic heterocycles. The minimum absolute atomic E-state index is 0.0660. The smallest absolute Gasteiger partial charge is 0.255 e. The van der Waals surface area contributed by atoms with Crippen molar-refractivity contribution in [1.82, 2.24) is 9.97 Å². The Morgan fingerprint density at radius 1 is 1.32 bits per heavy atom. The summed E-state index contributed by atoms with van der Waals surface area (Å²) in [7, 11) is 0. The summed E-state index contributed by atoms with van der Waals surface area (Å²) in [5, 5.41) is 3.06. The molecule has 1 atom stereocenters. The highest BCUT2D eigenvalue weighted by Gasteiger charge is 2.14. The van der Waals surface area contributed by atoms with E-state index < -0.39 is 11.6 Å². The Bertz CT molecular complexity index is 708. The van der Waals surface area contributed by atoms with E-state index in [2.05, 4.69) is 15.3 Å². The van der Waals surface area contributed by atoms with Gasteiger partial charge in [-0.3, -0.25) is 9.78 Å². The maximum atomic E-state index is 13.8. The third-order valence-corrected chi connectivity index (χ3v) is 3.65. The van der Waals surface area contributed by atoms with Crippen molar-refractivity contribution < 1.29 is 8.78 Å². The Morgan fingerprint density at radius 3 is 2.55 bits per heavy atom. The van der Waals surface area contributed by atoms with Crippen molar-refractivity contribution in [3.8, 4) is 0 Å². The molecule has 0 amide bonds. The van der Waals surface area contributed by atoms with Crippen molar-refractivity contribution in [3.63, 3.8) is 0 Å². The predicted octanol–water partition coefficient (Wildman–Crippen LogP) is 3.16. The Balaban J connectivity index is 2.40. The first-order valence-electron chi connectivity index (χ1n) is 7.21. The van der Waals surface area contributed by atoms with Gasteiger partial charge in [-0.15, -0.1) is 0 Å². The predicted molar refractivity (Wildman–Crippen MR) is 82.1 cm³/mol. The molecule has 0 aliphatic rings. The lowest BCUT2D eigenvalue weighted by atomic mass is 10.1. The van der Waals surface area contributed by atoms with E-state index in [4.69, 9.17) is 0 Å². The number of nitrogens with one attached hydrogen (secondary N) is 2. The van der Waals surface area contributed by atoms with Gasteiger partial charge in [0.15, 0.2) is 0 Å². The van der Waals surface area contributed by atoms with Crippen LogP contribution in [-0.2, 0) is 6.42 Å². The molecule has 0 bridgehead atoms. The van der Waals surface area contributed by atoms with Crippen molar-refractivity contribution >= 4 is 5.95 Å². The number of hydrogen-bond donors (Lipinski definition) is 2. The number of benzene rings is 1. The van der Waals surface area contributed by atoms with Crippen LogP contribution in [0.5, 0.6) is 0 Å². The zero-order valence-electron chi connectivity index (χ0n) is 12.8. The zero-order valence-corrected chi connectivity index (χ0v) is 12.8. The van der Waals surface area contributed by atoms with Gasteiger partial charge in [0.2, 0.25) is 5.95 Å². The van der Waals surface area contributed by atoms with Gasteiger partial charge in [0, 0.05) is 23.6 Å². The first kappa shape index (κ1) is 16.1. The molecule has 0 saturated carbocycles. The number of aromatic nitrogens is 2. The Labute approximate surface area is 127 Å². The van der Waals surface area contributed by atoms with Gasteiger partial charge in [0.25, 0.3) is 5.56 Å². The van der Waals surface area contributed by atoms with Gasteiger partial charge in [0.1, 0.15) is 11.6 Å². The SMILES string of the molecule is CCC(C)Nc1nc(Cc2c(F)cccc2F)c(C)c(=O)[nH]1. The molecule has 1 aromatic carbocycles. The van der Waals surface area contributed by atoms with E-state index in [0.29, 0.717) is 17.2 Å².